The summed E-state index contributed by atoms with van der Waals surface area (Å²) in [6, 6.07) is 25.0. The lowest BCUT2D eigenvalue weighted by Gasteiger charge is -2.05. The van der Waals surface area contributed by atoms with E-state index in [0.29, 0.717) is 32.9 Å². The second-order valence-electron chi connectivity index (χ2n) is 8.45. The van der Waals surface area contributed by atoms with Gasteiger partial charge in [-0.1, -0.05) is 36.4 Å². The Balaban J connectivity index is 0.000000161. The van der Waals surface area contributed by atoms with Crippen molar-refractivity contribution >= 4 is 33.7 Å². The summed E-state index contributed by atoms with van der Waals surface area (Å²) in [6.45, 7) is 0. The molecule has 0 bridgehead atoms. The zero-order chi connectivity index (χ0) is 28.2. The van der Waals surface area contributed by atoms with Gasteiger partial charge in [0.05, 0.1) is 11.0 Å². The molecule has 0 fully saturated rings. The molecule has 0 aliphatic heterocycles. The Labute approximate surface area is 225 Å². The van der Waals surface area contributed by atoms with Crippen molar-refractivity contribution in [3.8, 4) is 22.8 Å². The Kier molecular flexibility index (Phi) is 7.14. The summed E-state index contributed by atoms with van der Waals surface area (Å²) in [5, 5.41) is 19.5. The Morgan fingerprint density at radius 2 is 0.850 bits per heavy atom. The van der Waals surface area contributed by atoms with Crippen LogP contribution in [0, 0.1) is 11.6 Å². The fourth-order valence-electron chi connectivity index (χ4n) is 3.94. The van der Waals surface area contributed by atoms with Gasteiger partial charge < -0.3 is 10.2 Å². The van der Waals surface area contributed by atoms with Crippen molar-refractivity contribution in [2.24, 2.45) is 0 Å². The van der Waals surface area contributed by atoms with E-state index in [4.69, 9.17) is 0 Å². The number of fused-ring (bicyclic) bond motifs is 2. The highest BCUT2D eigenvalue weighted by Gasteiger charge is 2.15. The van der Waals surface area contributed by atoms with E-state index in [-0.39, 0.29) is 34.7 Å². The molecule has 4 aromatic carbocycles. The van der Waals surface area contributed by atoms with Gasteiger partial charge in [0.2, 0.25) is 0 Å². The maximum atomic E-state index is 12.9. The van der Waals surface area contributed by atoms with Crippen LogP contribution in [0.25, 0.3) is 44.6 Å². The van der Waals surface area contributed by atoms with Crippen LogP contribution >= 0.6 is 0 Å². The molecule has 0 saturated heterocycles. The topological polar surface area (TPSA) is 126 Å². The van der Waals surface area contributed by atoms with Crippen LogP contribution in [0.3, 0.4) is 0 Å². The maximum absolute atomic E-state index is 12.9. The Morgan fingerprint density at radius 3 is 1.20 bits per heavy atom. The van der Waals surface area contributed by atoms with Gasteiger partial charge >= 0.3 is 11.9 Å². The Bertz CT molecular complexity index is 1740. The van der Waals surface area contributed by atoms with E-state index in [1.54, 1.807) is 48.5 Å². The number of para-hydroxylation sites is 2. The van der Waals surface area contributed by atoms with Gasteiger partial charge in [-0.25, -0.2) is 38.3 Å². The summed E-state index contributed by atoms with van der Waals surface area (Å²) in [5.41, 5.74) is 2.10. The van der Waals surface area contributed by atoms with Gasteiger partial charge in [-0.3, -0.25) is 0 Å². The zero-order valence-corrected chi connectivity index (χ0v) is 20.5. The highest BCUT2D eigenvalue weighted by molar-refractivity contribution is 6.02. The average Bonchev–Trinajstić information content (AvgIpc) is 2.97. The molecule has 6 rings (SSSR count). The van der Waals surface area contributed by atoms with Gasteiger partial charge in [-0.2, -0.15) is 0 Å². The molecular weight excluding hydrogens is 518 g/mol. The van der Waals surface area contributed by atoms with Crippen LogP contribution in [-0.4, -0.2) is 42.1 Å². The quantitative estimate of drug-likeness (QED) is 0.270. The first-order valence-corrected chi connectivity index (χ1v) is 11.8. The number of hydrogen-bond acceptors (Lipinski definition) is 6. The molecule has 196 valence electrons. The van der Waals surface area contributed by atoms with Crippen LogP contribution in [0.5, 0.6) is 0 Å². The number of aromatic carboxylic acids is 2. The lowest BCUT2D eigenvalue weighted by molar-refractivity contribution is 0.0682. The largest absolute Gasteiger partial charge is 0.476 e. The van der Waals surface area contributed by atoms with Crippen LogP contribution in [0.15, 0.2) is 97.1 Å². The van der Waals surface area contributed by atoms with Gasteiger partial charge in [0.1, 0.15) is 11.6 Å². The lowest BCUT2D eigenvalue weighted by Crippen LogP contribution is -2.04. The van der Waals surface area contributed by atoms with Crippen molar-refractivity contribution in [2.45, 2.75) is 0 Å². The summed E-state index contributed by atoms with van der Waals surface area (Å²) in [4.78, 5) is 39.4. The summed E-state index contributed by atoms with van der Waals surface area (Å²) in [5.74, 6) is -2.44. The fourth-order valence-corrected chi connectivity index (χ4v) is 3.94. The number of carboxylic acids is 2. The van der Waals surface area contributed by atoms with E-state index in [1.807, 2.05) is 0 Å². The van der Waals surface area contributed by atoms with Crippen molar-refractivity contribution in [1.29, 1.82) is 0 Å². The van der Waals surface area contributed by atoms with Crippen LogP contribution < -0.4 is 0 Å². The standard InChI is InChI=1S/2C15H9FN2O2/c2*16-10-7-5-9(6-8-10)14-17-12-4-2-1-3-11(12)13(18-14)15(19)20/h2*1-8H,(H,19,20). The minimum atomic E-state index is -1.12. The molecule has 6 aromatic rings. The minimum Gasteiger partial charge on any atom is -0.476 e. The zero-order valence-electron chi connectivity index (χ0n) is 20.5. The van der Waals surface area contributed by atoms with E-state index in [0.717, 1.165) is 0 Å². The number of aromatic nitrogens is 4. The third kappa shape index (κ3) is 5.46. The second kappa shape index (κ2) is 11.0. The van der Waals surface area contributed by atoms with Gasteiger partial charge in [-0.05, 0) is 60.7 Å². The Hall–Kier alpha value is -5.64. The van der Waals surface area contributed by atoms with Crippen molar-refractivity contribution < 1.29 is 28.6 Å². The molecule has 0 radical (unpaired) electrons. The molecule has 0 unspecified atom stereocenters. The molecule has 0 spiro atoms. The molecular formula is C30H18F2N4O4. The second-order valence-corrected chi connectivity index (χ2v) is 8.45. The van der Waals surface area contributed by atoms with E-state index >= 15 is 0 Å². The van der Waals surface area contributed by atoms with Crippen LogP contribution in [0.2, 0.25) is 0 Å². The predicted octanol–water partition coefficient (Wildman–Crippen LogP) is 6.27. The van der Waals surface area contributed by atoms with Crippen molar-refractivity contribution in [3.63, 3.8) is 0 Å². The van der Waals surface area contributed by atoms with Crippen LogP contribution in [0.4, 0.5) is 8.78 Å². The molecule has 2 heterocycles. The maximum Gasteiger partial charge on any atom is 0.355 e. The summed E-state index contributed by atoms with van der Waals surface area (Å²) in [6.07, 6.45) is 0. The van der Waals surface area contributed by atoms with Crippen LogP contribution in [-0.2, 0) is 0 Å². The highest BCUT2D eigenvalue weighted by Crippen LogP contribution is 2.23. The number of carboxylic acid groups (broad SMARTS) is 2. The van der Waals surface area contributed by atoms with E-state index in [9.17, 15) is 28.6 Å². The number of rotatable bonds is 4. The van der Waals surface area contributed by atoms with Gasteiger partial charge in [0, 0.05) is 21.9 Å². The molecule has 8 nitrogen and oxygen atoms in total. The molecule has 2 N–H and O–H groups in total. The SMILES string of the molecule is O=C(O)c1nc(-c2ccc(F)cc2)nc2ccccc12.O=C(O)c1nc(-c2ccc(F)cc2)nc2ccccc12. The lowest BCUT2D eigenvalue weighted by atomic mass is 10.1. The van der Waals surface area contributed by atoms with Gasteiger partial charge in [-0.15, -0.1) is 0 Å². The normalized spacial score (nSPS) is 10.7. The number of carbonyl (C=O) groups is 2. The van der Waals surface area contributed by atoms with E-state index in [1.165, 1.54) is 48.5 Å². The summed E-state index contributed by atoms with van der Waals surface area (Å²) >= 11 is 0. The first-order valence-electron chi connectivity index (χ1n) is 11.8. The van der Waals surface area contributed by atoms with E-state index in [2.05, 4.69) is 19.9 Å². The summed E-state index contributed by atoms with van der Waals surface area (Å²) < 4.78 is 25.9. The molecule has 0 saturated carbocycles. The molecule has 40 heavy (non-hydrogen) atoms. The third-order valence-corrected chi connectivity index (χ3v) is 5.82. The Morgan fingerprint density at radius 1 is 0.500 bits per heavy atom. The first kappa shape index (κ1) is 26.0. The average molecular weight is 536 g/mol. The minimum absolute atomic E-state index is 0.0603. The van der Waals surface area contributed by atoms with E-state index < -0.39 is 11.9 Å². The predicted molar refractivity (Wildman–Crippen MR) is 144 cm³/mol. The molecule has 0 amide bonds. The highest BCUT2D eigenvalue weighted by atomic mass is 19.1. The molecule has 10 heteroatoms. The van der Waals surface area contributed by atoms with Crippen LogP contribution in [0.1, 0.15) is 21.0 Å². The molecule has 0 aliphatic rings. The monoisotopic (exact) mass is 536 g/mol. The number of benzene rings is 4. The number of nitrogens with zero attached hydrogens (tertiary/aromatic N) is 4. The first-order chi connectivity index (χ1) is 19.3. The van der Waals surface area contributed by atoms with Crippen molar-refractivity contribution in [3.05, 3.63) is 120 Å². The fraction of sp³-hybridized carbons (Fsp3) is 0. The molecule has 2 aromatic heterocycles. The smallest absolute Gasteiger partial charge is 0.355 e. The third-order valence-electron chi connectivity index (χ3n) is 5.82. The van der Waals surface area contributed by atoms with Crippen molar-refractivity contribution in [2.75, 3.05) is 0 Å². The summed E-state index contributed by atoms with van der Waals surface area (Å²) in [7, 11) is 0. The molecule has 0 atom stereocenters. The van der Waals surface area contributed by atoms with Gasteiger partial charge in [0.15, 0.2) is 23.0 Å². The molecule has 0 aliphatic carbocycles. The van der Waals surface area contributed by atoms with Gasteiger partial charge in [0.25, 0.3) is 0 Å². The number of hydrogen-bond donors (Lipinski definition) is 2. The van der Waals surface area contributed by atoms with Crippen molar-refractivity contribution in [1.82, 2.24) is 19.9 Å². The number of halogens is 2.